The van der Waals surface area contributed by atoms with Crippen molar-refractivity contribution in [3.8, 4) is 11.1 Å². The lowest BCUT2D eigenvalue weighted by molar-refractivity contribution is 0.448. The zero-order valence-electron chi connectivity index (χ0n) is 11.9. The zero-order valence-corrected chi connectivity index (χ0v) is 11.9. The molecule has 1 N–H and O–H groups in total. The maximum atomic E-state index is 4.60. The van der Waals surface area contributed by atoms with E-state index in [1.807, 2.05) is 35.1 Å². The summed E-state index contributed by atoms with van der Waals surface area (Å²) in [5, 5.41) is 8.07. The Labute approximate surface area is 123 Å². The molecule has 1 aliphatic heterocycles. The number of hydrogen-bond acceptors (Lipinski definition) is 3. The van der Waals surface area contributed by atoms with Gasteiger partial charge in [0.05, 0.1) is 11.9 Å². The number of aromatic nitrogens is 3. The topological polar surface area (TPSA) is 42.2 Å². The van der Waals surface area contributed by atoms with Crippen LogP contribution in [-0.4, -0.2) is 27.7 Å². The first-order valence-corrected chi connectivity index (χ1v) is 7.52. The Morgan fingerprint density at radius 3 is 2.86 bits per heavy atom. The SMILES string of the molecule is c1ccc(-c2cnn3c(C4CCCNC4)ccnc23)cc1. The molecule has 3 aromatic rings. The molecule has 3 heterocycles. The quantitative estimate of drug-likeness (QED) is 0.783. The summed E-state index contributed by atoms with van der Waals surface area (Å²) in [6.45, 7) is 2.15. The van der Waals surface area contributed by atoms with Gasteiger partial charge < -0.3 is 5.32 Å². The minimum atomic E-state index is 0.521. The third kappa shape index (κ3) is 2.21. The van der Waals surface area contributed by atoms with Crippen LogP contribution in [0.3, 0.4) is 0 Å². The van der Waals surface area contributed by atoms with E-state index in [0.29, 0.717) is 5.92 Å². The van der Waals surface area contributed by atoms with Gasteiger partial charge in [0.1, 0.15) is 0 Å². The molecular formula is C17H18N4. The highest BCUT2D eigenvalue weighted by molar-refractivity contribution is 5.76. The average Bonchev–Trinajstić information content (AvgIpc) is 3.00. The predicted molar refractivity (Wildman–Crippen MR) is 83.3 cm³/mol. The third-order valence-electron chi connectivity index (χ3n) is 4.23. The first kappa shape index (κ1) is 12.5. The van der Waals surface area contributed by atoms with Crippen molar-refractivity contribution in [2.24, 2.45) is 0 Å². The van der Waals surface area contributed by atoms with Gasteiger partial charge in [-0.1, -0.05) is 30.3 Å². The second kappa shape index (κ2) is 5.30. The summed E-state index contributed by atoms with van der Waals surface area (Å²) >= 11 is 0. The monoisotopic (exact) mass is 278 g/mol. The van der Waals surface area contributed by atoms with Crippen LogP contribution in [0.2, 0.25) is 0 Å². The molecule has 0 spiro atoms. The first-order valence-electron chi connectivity index (χ1n) is 7.52. The van der Waals surface area contributed by atoms with Crippen LogP contribution >= 0.6 is 0 Å². The summed E-state index contributed by atoms with van der Waals surface area (Å²) in [4.78, 5) is 4.55. The number of nitrogens with one attached hydrogen (secondary N) is 1. The largest absolute Gasteiger partial charge is 0.316 e. The molecule has 4 nitrogen and oxygen atoms in total. The minimum absolute atomic E-state index is 0.521. The molecule has 1 saturated heterocycles. The molecule has 2 aromatic heterocycles. The van der Waals surface area contributed by atoms with Gasteiger partial charge in [0, 0.05) is 24.2 Å². The summed E-state index contributed by atoms with van der Waals surface area (Å²) in [6, 6.07) is 12.4. The molecule has 0 amide bonds. The van der Waals surface area contributed by atoms with Crippen molar-refractivity contribution in [2.75, 3.05) is 13.1 Å². The van der Waals surface area contributed by atoms with E-state index < -0.39 is 0 Å². The van der Waals surface area contributed by atoms with Crippen molar-refractivity contribution in [1.82, 2.24) is 19.9 Å². The Morgan fingerprint density at radius 1 is 1.14 bits per heavy atom. The molecule has 0 aliphatic carbocycles. The van der Waals surface area contributed by atoms with Gasteiger partial charge in [-0.05, 0) is 31.0 Å². The Hall–Kier alpha value is -2.20. The fourth-order valence-electron chi connectivity index (χ4n) is 3.14. The lowest BCUT2D eigenvalue weighted by Crippen LogP contribution is -2.29. The van der Waals surface area contributed by atoms with Crippen molar-refractivity contribution >= 4 is 5.65 Å². The molecule has 106 valence electrons. The minimum Gasteiger partial charge on any atom is -0.316 e. The van der Waals surface area contributed by atoms with Crippen LogP contribution in [0.4, 0.5) is 0 Å². The van der Waals surface area contributed by atoms with E-state index in [9.17, 15) is 0 Å². The fraction of sp³-hybridized carbons (Fsp3) is 0.294. The Balaban J connectivity index is 1.83. The first-order chi connectivity index (χ1) is 10.4. The lowest BCUT2D eigenvalue weighted by Gasteiger charge is -2.23. The molecule has 21 heavy (non-hydrogen) atoms. The molecular weight excluding hydrogens is 260 g/mol. The van der Waals surface area contributed by atoms with E-state index in [0.717, 1.165) is 24.3 Å². The highest BCUT2D eigenvalue weighted by Crippen LogP contribution is 2.27. The van der Waals surface area contributed by atoms with Crippen molar-refractivity contribution in [2.45, 2.75) is 18.8 Å². The fourth-order valence-corrected chi connectivity index (χ4v) is 3.14. The third-order valence-corrected chi connectivity index (χ3v) is 4.23. The number of nitrogens with zero attached hydrogens (tertiary/aromatic N) is 3. The maximum Gasteiger partial charge on any atom is 0.163 e. The van der Waals surface area contributed by atoms with Gasteiger partial charge in [0.2, 0.25) is 0 Å². The highest BCUT2D eigenvalue weighted by atomic mass is 15.3. The summed E-state index contributed by atoms with van der Waals surface area (Å²) in [7, 11) is 0. The van der Waals surface area contributed by atoms with Gasteiger partial charge in [-0.2, -0.15) is 5.10 Å². The molecule has 4 heteroatoms. The highest BCUT2D eigenvalue weighted by Gasteiger charge is 2.19. The summed E-state index contributed by atoms with van der Waals surface area (Å²) in [5.41, 5.74) is 4.47. The van der Waals surface area contributed by atoms with Crippen molar-refractivity contribution in [1.29, 1.82) is 0 Å². The van der Waals surface area contributed by atoms with E-state index in [2.05, 4.69) is 33.6 Å². The van der Waals surface area contributed by atoms with Gasteiger partial charge in [-0.3, -0.25) is 0 Å². The predicted octanol–water partition coefficient (Wildman–Crippen LogP) is 2.86. The van der Waals surface area contributed by atoms with Gasteiger partial charge in [0.15, 0.2) is 5.65 Å². The zero-order chi connectivity index (χ0) is 14.1. The van der Waals surface area contributed by atoms with Crippen LogP contribution in [0, 0.1) is 0 Å². The number of hydrogen-bond donors (Lipinski definition) is 1. The molecule has 1 aliphatic rings. The van der Waals surface area contributed by atoms with Crippen molar-refractivity contribution < 1.29 is 0 Å². The number of piperidine rings is 1. The average molecular weight is 278 g/mol. The van der Waals surface area contributed by atoms with E-state index in [1.165, 1.54) is 24.1 Å². The van der Waals surface area contributed by atoms with Crippen molar-refractivity contribution in [3.63, 3.8) is 0 Å². The summed E-state index contributed by atoms with van der Waals surface area (Å²) in [6.07, 6.45) is 6.28. The number of fused-ring (bicyclic) bond motifs is 1. The summed E-state index contributed by atoms with van der Waals surface area (Å²) < 4.78 is 2.01. The normalized spacial score (nSPS) is 19.0. The maximum absolute atomic E-state index is 4.60. The molecule has 1 aromatic carbocycles. The molecule has 1 fully saturated rings. The van der Waals surface area contributed by atoms with Crippen LogP contribution < -0.4 is 5.32 Å². The second-order valence-electron chi connectivity index (χ2n) is 5.57. The Bertz CT molecular complexity index is 742. The van der Waals surface area contributed by atoms with Crippen LogP contribution in [0.15, 0.2) is 48.8 Å². The van der Waals surface area contributed by atoms with Gasteiger partial charge >= 0.3 is 0 Å². The molecule has 0 saturated carbocycles. The van der Waals surface area contributed by atoms with E-state index in [1.54, 1.807) is 0 Å². The van der Waals surface area contributed by atoms with Crippen LogP contribution in [0.1, 0.15) is 24.5 Å². The van der Waals surface area contributed by atoms with Crippen LogP contribution in [0.5, 0.6) is 0 Å². The lowest BCUT2D eigenvalue weighted by atomic mass is 9.96. The molecule has 0 radical (unpaired) electrons. The van der Waals surface area contributed by atoms with Gasteiger partial charge in [-0.15, -0.1) is 0 Å². The molecule has 1 unspecified atom stereocenters. The Morgan fingerprint density at radius 2 is 2.05 bits per heavy atom. The molecule has 0 bridgehead atoms. The molecule has 1 atom stereocenters. The smallest absolute Gasteiger partial charge is 0.163 e. The van der Waals surface area contributed by atoms with E-state index in [4.69, 9.17) is 0 Å². The van der Waals surface area contributed by atoms with Gasteiger partial charge in [0.25, 0.3) is 0 Å². The van der Waals surface area contributed by atoms with Crippen LogP contribution in [-0.2, 0) is 0 Å². The second-order valence-corrected chi connectivity index (χ2v) is 5.57. The standard InChI is InChI=1S/C17H18N4/c1-2-5-13(6-3-1)15-12-20-21-16(8-10-19-17(15)21)14-7-4-9-18-11-14/h1-3,5-6,8,10,12,14,18H,4,7,9,11H2. The van der Waals surface area contributed by atoms with Gasteiger partial charge in [-0.25, -0.2) is 9.50 Å². The molecule has 4 rings (SSSR count). The van der Waals surface area contributed by atoms with Crippen molar-refractivity contribution in [3.05, 3.63) is 54.5 Å². The Kier molecular flexibility index (Phi) is 3.16. The van der Waals surface area contributed by atoms with Crippen LogP contribution in [0.25, 0.3) is 16.8 Å². The summed E-state index contributed by atoms with van der Waals surface area (Å²) in [5.74, 6) is 0.521. The van der Waals surface area contributed by atoms with E-state index >= 15 is 0 Å². The number of benzene rings is 1. The number of rotatable bonds is 2. The van der Waals surface area contributed by atoms with E-state index in [-0.39, 0.29) is 0 Å².